The molecule has 4 aromatic heterocycles. The molecule has 4 heterocycles. The molecule has 0 aliphatic rings. The molecule has 0 bridgehead atoms. The smallest absolute Gasteiger partial charge is 0.508 e. The average Bonchev–Trinajstić information content (AvgIpc) is 1.59. The predicted octanol–water partition coefficient (Wildman–Crippen LogP) is 24.9. The number of furan rings is 4. The number of carbonyl (C=O) groups is 6. The van der Waals surface area contributed by atoms with Crippen molar-refractivity contribution in [1.29, 1.82) is 4.20 Å². The van der Waals surface area contributed by atoms with Crippen LogP contribution in [0.1, 0.15) is 175 Å². The van der Waals surface area contributed by atoms with Gasteiger partial charge in [0, 0.05) is 71.5 Å². The van der Waals surface area contributed by atoms with Crippen molar-refractivity contribution in [2.45, 2.75) is 82.1 Å². The monoisotopic (exact) mass is 1890 g/mol. The number of hydrogen-bond donors (Lipinski definition) is 4. The quantitative estimate of drug-likeness (QED) is 0.0186. The van der Waals surface area contributed by atoms with E-state index in [1.807, 2.05) is 58.9 Å². The molecule has 13 rings (SSSR count). The third kappa shape index (κ3) is 38.1. The van der Waals surface area contributed by atoms with Gasteiger partial charge in [-0.3, -0.25) is 28.8 Å². The van der Waals surface area contributed by atoms with Crippen molar-refractivity contribution >= 4 is 218 Å². The van der Waals surface area contributed by atoms with E-state index in [1.165, 1.54) is 56.1 Å². The second kappa shape index (κ2) is 57.4. The average molecular weight is 1890 g/mol. The summed E-state index contributed by atoms with van der Waals surface area (Å²) < 4.78 is 234. The summed E-state index contributed by atoms with van der Waals surface area (Å²) in [4.78, 5) is 67.7. The van der Waals surface area contributed by atoms with Gasteiger partial charge < -0.3 is 38.1 Å². The first-order chi connectivity index (χ1) is 64.1. The maximum absolute atomic E-state index is 13.0. The number of phenols is 3. The Hall–Kier alpha value is -7.59. The topological polar surface area (TPSA) is 248 Å². The molecular weight excluding hydrogens is 1780 g/mol. The number of Topliss-reactive ketones (excluding diaryl/α,β-unsaturated/α-hetero) is 2. The van der Waals surface area contributed by atoms with Crippen LogP contribution in [0.2, 0.25) is 0 Å². The first-order valence-electron chi connectivity index (χ1n) is 45.0. The Morgan fingerprint density at radius 1 is 0.573 bits per heavy atom. The fourth-order valence-corrected chi connectivity index (χ4v) is 7.91. The number of halogens is 8. The number of aliphatic hydroxyl groups excluding tert-OH is 1. The molecule has 0 fully saturated rings. The van der Waals surface area contributed by atoms with Gasteiger partial charge in [-0.1, -0.05) is 194 Å². The van der Waals surface area contributed by atoms with Gasteiger partial charge in [0.1, 0.15) is 62.6 Å². The Morgan fingerprint density at radius 3 is 1.36 bits per heavy atom. The molecule has 9 aromatic carbocycles. The van der Waals surface area contributed by atoms with E-state index in [1.54, 1.807) is 37.3 Å². The van der Waals surface area contributed by atoms with Crippen LogP contribution < -0.4 is 0 Å². The summed E-state index contributed by atoms with van der Waals surface area (Å²) in [6, 6.07) is 14.0. The molecule has 0 saturated carbocycles. The number of fused-ring (bicyclic) bond motifs is 4. The standard InChI is InChI=1S/C18H16O2.C17H14O3.C10H8O2.C10H10O.C8H7ClO.C7H6O2.C6H6O.C3H5BrO.C2H6BNS.CH4O.CH4.Al.BBr3.3ClH/c1-3-15-17(14-6-4-5-7-16(14)20-15)18(19)13-10-8-12(2)9-11-13;1-2-14-16(13-5-3-4-6-15(13)20-14)17(19)11-7-9-12(18)10-8-11;1-7(11)10-6-8-4-2-3-5-9(8)12-10;1-2-9-7-8-5-3-4-6-10(8)11-9;1-6-2-4-7(5-3-6)8(9)10;8-5-6-3-1-2-4-7(6)9;7-6-4-2-1-3-5-6;1-3(5)2-4;1-2-5-4-3;1-2;;;2-1(3)4;;;/h4-11H,3H2,1-2H3;3-10,18H,2H2,1H3;2-6H,1H3;3-7H,2H2,1H3;2-5H,1H3;1-5,9H;1-5,7H;2H2,1H3;3H,2H2,1H3;2H,1H3;1H4;;;3*1H/q;;;;;;;;;;;+3;;;;/p-3/i4D,5D,6D,7D;3D,4D,5D,6D;2D,3D,4D,5D;3D,4D,5D,6D;;1D,2D,3D,4D;1D,2D,3D,4D,5D;;3D;;;;;;;/hD2. The fraction of sp³-hybridized carbons (Fsp3) is 0.181. The molecular formula is C83H86AlB2Br4Cl4NO14S. The number of alkyl halides is 1. The Balaban J connectivity index is 0.000000787. The summed E-state index contributed by atoms with van der Waals surface area (Å²) in [5, 5.41) is 25.3. The summed E-state index contributed by atoms with van der Waals surface area (Å²) in [6.07, 6.45) is 1.70. The minimum Gasteiger partial charge on any atom is -0.508 e. The molecule has 0 spiro atoms. The van der Waals surface area contributed by atoms with Gasteiger partial charge in [-0.2, -0.15) is 0 Å². The summed E-state index contributed by atoms with van der Waals surface area (Å²) in [5.41, 5.74) is 3.79. The summed E-state index contributed by atoms with van der Waals surface area (Å²) >= 11 is 17.2. The maximum Gasteiger partial charge on any atom is 0.643 e. The largest absolute Gasteiger partial charge is 0.643 e. The molecule has 0 amide bonds. The minimum absolute atomic E-state index is 0. The maximum atomic E-state index is 13.0. The summed E-state index contributed by atoms with van der Waals surface area (Å²) in [5.74, 6) is 0.647. The van der Waals surface area contributed by atoms with E-state index in [9.17, 15) is 33.9 Å². The van der Waals surface area contributed by atoms with E-state index < -0.39 is 100 Å². The SMILES string of the molecule is BrB(Br)Br.C.CC(=O)CBr.CO.Cc1ccc(C(=O)Cl)cc1.[2H]B=NSCC.[2H]Oc1c([2H])c([2H])c([2H])c([2H])c1C=O.[2H]Oc1c([2H])c([2H])c([2H])c([2H])c1[2H].[2H]c1c([2H])c([2H])c2c(C(=O)c3ccc(C)cc3)c(CC)oc2c1[2H].[2H]c1c([2H])c([2H])c2c(C(=O)c3ccc(O)cc3)c(CC)oc2c1[2H].[2H]c1c([2H])c([2H])c2oc(C(C)=O)cc2c1[2H].[2H]c1c([2H])c([2H])c2oc(CC)cc2c1[2H].[Cl][Al]([Cl])[Cl]. The van der Waals surface area contributed by atoms with Gasteiger partial charge in [-0.05, 0) is 129 Å². The summed E-state index contributed by atoms with van der Waals surface area (Å²) in [7, 11) is 16.9. The number of aromatic hydroxyl groups is 3. The van der Waals surface area contributed by atoms with Gasteiger partial charge >= 0.3 is 52.4 Å². The van der Waals surface area contributed by atoms with Crippen LogP contribution in [0, 0.1) is 13.8 Å². The van der Waals surface area contributed by atoms with Crippen molar-refractivity contribution < 1.29 is 101 Å². The second-order valence-electron chi connectivity index (χ2n) is 20.0. The molecule has 0 unspecified atom stereocenters. The number of aryl methyl sites for hydroxylation is 5. The van der Waals surface area contributed by atoms with Crippen molar-refractivity contribution in [3.8, 4) is 17.2 Å². The van der Waals surface area contributed by atoms with Gasteiger partial charge in [0.25, 0.3) is 8.10 Å². The Morgan fingerprint density at radius 2 is 0.973 bits per heavy atom. The van der Waals surface area contributed by atoms with Gasteiger partial charge in [0.05, 0.1) is 56.3 Å². The van der Waals surface area contributed by atoms with Gasteiger partial charge in [0.2, 0.25) is 0 Å². The summed E-state index contributed by atoms with van der Waals surface area (Å²) in [6.45, 7) is 14.2. The second-order valence-corrected chi connectivity index (χ2v) is 34.8. The number of rotatable bonds is 15. The molecule has 0 atom stereocenters. The van der Waals surface area contributed by atoms with Crippen LogP contribution in [0.25, 0.3) is 43.9 Å². The number of ketones is 4. The first kappa shape index (κ1) is 61.9. The Labute approximate surface area is 743 Å². The van der Waals surface area contributed by atoms with Crippen LogP contribution in [-0.4, -0.2) is 99.7 Å². The van der Waals surface area contributed by atoms with Crippen LogP contribution >= 0.6 is 117 Å². The third-order valence-electron chi connectivity index (χ3n) is 12.4. The van der Waals surface area contributed by atoms with Gasteiger partial charge in [-0.15, -0.1) is 47.3 Å². The van der Waals surface area contributed by atoms with E-state index in [0.29, 0.717) is 63.9 Å². The molecule has 110 heavy (non-hydrogen) atoms. The van der Waals surface area contributed by atoms with Crippen molar-refractivity contribution in [3.05, 3.63) is 304 Å². The Kier molecular flexibility index (Phi) is 32.3. The number of nitrogens with zero attached hydrogens (tertiary/aromatic N) is 1. The van der Waals surface area contributed by atoms with Crippen LogP contribution in [0.15, 0.2) is 258 Å². The van der Waals surface area contributed by atoms with Crippen LogP contribution in [0.3, 0.4) is 0 Å². The fourth-order valence-electron chi connectivity index (χ4n) is 7.64. The molecule has 0 radical (unpaired) electrons. The molecule has 0 aliphatic heterocycles. The van der Waals surface area contributed by atoms with Crippen molar-refractivity contribution in [1.82, 2.24) is 0 Å². The molecule has 27 heteroatoms. The van der Waals surface area contributed by atoms with Gasteiger partial charge in [-0.25, -0.2) is 30.1 Å². The Bertz CT molecular complexity index is 6190. The number of carbonyl (C=O) groups excluding carboxylic acids is 6. The van der Waals surface area contributed by atoms with Crippen molar-refractivity contribution in [3.63, 3.8) is 0 Å². The third-order valence-corrected chi connectivity index (χ3v) is 13.8. The molecule has 0 saturated heterocycles. The number of benzene rings is 9. The normalized spacial score (nSPS) is 13.0. The molecule has 578 valence electrons. The minimum atomic E-state index is -1.72. The van der Waals surface area contributed by atoms with E-state index >= 15 is 0 Å². The predicted molar refractivity (Wildman–Crippen MR) is 475 cm³/mol. The van der Waals surface area contributed by atoms with E-state index in [2.05, 4.69) is 77.7 Å². The van der Waals surface area contributed by atoms with Crippen molar-refractivity contribution in [2.75, 3.05) is 18.2 Å². The van der Waals surface area contributed by atoms with Gasteiger partial charge in [0.15, 0.2) is 29.4 Å². The number of hydrogen-bond acceptors (Lipinski definition) is 16. The van der Waals surface area contributed by atoms with Crippen LogP contribution in [-0.2, 0) is 24.1 Å². The van der Waals surface area contributed by atoms with Crippen LogP contribution in [0.5, 0.6) is 17.2 Å². The number of para-hydroxylation sites is 6. The number of aldehydes is 1. The zero-order valence-electron chi connectivity index (χ0n) is 87.1. The van der Waals surface area contributed by atoms with Crippen molar-refractivity contribution in [2.24, 2.45) is 4.30 Å². The molecule has 15 nitrogen and oxygen atoms in total. The molecule has 13 aromatic rings. The zero-order valence-corrected chi connectivity index (χ0v) is 70.4. The molecule has 4 N–H and O–H groups in total. The van der Waals surface area contributed by atoms with E-state index in [-0.39, 0.29) is 186 Å². The first-order valence-corrected chi connectivity index (χ1v) is 41.5. The zero-order chi connectivity index (χ0) is 105. The van der Waals surface area contributed by atoms with E-state index in [4.69, 9.17) is 103 Å². The number of phenolic OH excluding ortho intramolecular Hbond substituents is 3. The van der Waals surface area contributed by atoms with Crippen LogP contribution in [0.4, 0.5) is 0 Å². The number of aliphatic hydroxyl groups is 1. The van der Waals surface area contributed by atoms with E-state index in [0.717, 1.165) is 31.6 Å². The molecule has 0 aliphatic carbocycles.